The Labute approximate surface area is 87.1 Å². The largest absolute Gasteiger partial charge is 0.387 e. The molecule has 0 radical (unpaired) electrons. The smallest absolute Gasteiger partial charge is 0.184 e. The Hall–Kier alpha value is -0.680. The van der Waals surface area contributed by atoms with Gasteiger partial charge in [0.25, 0.3) is 0 Å². The molecule has 1 aliphatic heterocycles. The van der Waals surface area contributed by atoms with Gasteiger partial charge in [-0.1, -0.05) is 5.92 Å². The average Bonchev–Trinajstić information content (AvgIpc) is 2.23. The highest BCUT2D eigenvalue weighted by Gasteiger charge is 2.42. The number of hydrogen-bond acceptors (Lipinski definition) is 6. The van der Waals surface area contributed by atoms with Crippen LogP contribution in [0.5, 0.6) is 0 Å². The molecule has 86 valence electrons. The van der Waals surface area contributed by atoms with Crippen molar-refractivity contribution in [2.24, 2.45) is 0 Å². The van der Waals surface area contributed by atoms with Crippen LogP contribution in [0.25, 0.3) is 0 Å². The zero-order chi connectivity index (χ0) is 11.4. The first kappa shape index (κ1) is 12.4. The Morgan fingerprint density at radius 3 is 2.40 bits per heavy atom. The molecule has 1 heterocycles. The van der Waals surface area contributed by atoms with E-state index in [1.54, 1.807) is 0 Å². The Bertz CT molecular complexity index is 237. The van der Waals surface area contributed by atoms with Gasteiger partial charge in [-0.3, -0.25) is 0 Å². The maximum atomic E-state index is 9.45. The van der Waals surface area contributed by atoms with Gasteiger partial charge < -0.3 is 29.9 Å². The zero-order valence-electron chi connectivity index (χ0n) is 7.98. The lowest BCUT2D eigenvalue weighted by molar-refractivity contribution is -0.288. The summed E-state index contributed by atoms with van der Waals surface area (Å²) in [5, 5.41) is 37.1. The lowest BCUT2D eigenvalue weighted by atomic mass is 9.99. The van der Waals surface area contributed by atoms with Crippen LogP contribution >= 0.6 is 0 Å². The van der Waals surface area contributed by atoms with Crippen LogP contribution in [0.3, 0.4) is 0 Å². The van der Waals surface area contributed by atoms with E-state index in [0.29, 0.717) is 0 Å². The highest BCUT2D eigenvalue weighted by atomic mass is 16.6. The standard InChI is InChI=1S/C9H14O6/c1-2-3-14-4-5-6(10)7(11)8(12)9(13)15-5/h1,5-13H,3-4H2/t5-,6+,7-,8+,9?/m0/s1. The molecule has 0 saturated carbocycles. The molecule has 0 aromatic carbocycles. The summed E-state index contributed by atoms with van der Waals surface area (Å²) in [5.74, 6) is 2.22. The third-order valence-electron chi connectivity index (χ3n) is 2.15. The van der Waals surface area contributed by atoms with E-state index in [2.05, 4.69) is 5.92 Å². The number of aliphatic hydroxyl groups excluding tert-OH is 4. The van der Waals surface area contributed by atoms with E-state index >= 15 is 0 Å². The molecule has 0 aromatic rings. The predicted octanol–water partition coefficient (Wildman–Crippen LogP) is -2.56. The molecular weight excluding hydrogens is 204 g/mol. The number of ether oxygens (including phenoxy) is 2. The first-order chi connectivity index (χ1) is 7.07. The van der Waals surface area contributed by atoms with E-state index in [9.17, 15) is 10.2 Å². The van der Waals surface area contributed by atoms with Crippen molar-refractivity contribution < 1.29 is 29.9 Å². The lowest BCUT2D eigenvalue weighted by Gasteiger charge is -2.38. The van der Waals surface area contributed by atoms with E-state index in [1.165, 1.54) is 0 Å². The normalized spacial score (nSPS) is 41.1. The monoisotopic (exact) mass is 218 g/mol. The maximum absolute atomic E-state index is 9.45. The first-order valence-electron chi connectivity index (χ1n) is 4.47. The second-order valence-electron chi connectivity index (χ2n) is 3.26. The van der Waals surface area contributed by atoms with Crippen molar-refractivity contribution >= 4 is 0 Å². The fraction of sp³-hybridized carbons (Fsp3) is 0.778. The summed E-state index contributed by atoms with van der Waals surface area (Å²) in [5.41, 5.74) is 0. The topological polar surface area (TPSA) is 99.4 Å². The molecular formula is C9H14O6. The summed E-state index contributed by atoms with van der Waals surface area (Å²) >= 11 is 0. The van der Waals surface area contributed by atoms with E-state index in [-0.39, 0.29) is 13.2 Å². The molecule has 0 aromatic heterocycles. The van der Waals surface area contributed by atoms with Gasteiger partial charge in [0.15, 0.2) is 6.29 Å². The van der Waals surface area contributed by atoms with Crippen LogP contribution in [0.15, 0.2) is 0 Å². The van der Waals surface area contributed by atoms with Crippen molar-refractivity contribution in [1.82, 2.24) is 0 Å². The second-order valence-corrected chi connectivity index (χ2v) is 3.26. The summed E-state index contributed by atoms with van der Waals surface area (Å²) in [7, 11) is 0. The fourth-order valence-electron chi connectivity index (χ4n) is 1.30. The summed E-state index contributed by atoms with van der Waals surface area (Å²) in [6, 6.07) is 0. The van der Waals surface area contributed by atoms with Crippen LogP contribution < -0.4 is 0 Å². The Kier molecular flexibility index (Phi) is 4.47. The molecule has 1 rings (SSSR count). The van der Waals surface area contributed by atoms with Gasteiger partial charge in [-0.2, -0.15) is 0 Å². The van der Waals surface area contributed by atoms with Gasteiger partial charge in [-0.15, -0.1) is 6.42 Å². The van der Waals surface area contributed by atoms with Crippen LogP contribution in [0, 0.1) is 12.3 Å². The predicted molar refractivity (Wildman–Crippen MR) is 48.6 cm³/mol. The number of terminal acetylenes is 1. The number of rotatable bonds is 3. The molecule has 15 heavy (non-hydrogen) atoms. The zero-order valence-corrected chi connectivity index (χ0v) is 7.98. The minimum absolute atomic E-state index is 0.0430. The molecule has 6 heteroatoms. The fourth-order valence-corrected chi connectivity index (χ4v) is 1.30. The van der Waals surface area contributed by atoms with Crippen molar-refractivity contribution in [1.29, 1.82) is 0 Å². The van der Waals surface area contributed by atoms with Crippen LogP contribution in [0.1, 0.15) is 0 Å². The third kappa shape index (κ3) is 2.89. The Morgan fingerprint density at radius 1 is 1.13 bits per heavy atom. The highest BCUT2D eigenvalue weighted by Crippen LogP contribution is 2.19. The number of aliphatic hydroxyl groups is 4. The van der Waals surface area contributed by atoms with Crippen LogP contribution in [0.4, 0.5) is 0 Å². The molecule has 6 nitrogen and oxygen atoms in total. The minimum atomic E-state index is -1.54. The van der Waals surface area contributed by atoms with Crippen molar-refractivity contribution in [2.75, 3.05) is 13.2 Å². The maximum Gasteiger partial charge on any atom is 0.184 e. The average molecular weight is 218 g/mol. The third-order valence-corrected chi connectivity index (χ3v) is 2.15. The molecule has 1 aliphatic rings. The molecule has 1 fully saturated rings. The molecule has 0 spiro atoms. The molecule has 1 saturated heterocycles. The van der Waals surface area contributed by atoms with Gasteiger partial charge >= 0.3 is 0 Å². The Morgan fingerprint density at radius 2 is 1.80 bits per heavy atom. The SMILES string of the molecule is C#CCOC[C@@H]1OC(O)[C@H](O)[C@@H](O)[C@@H]1O. The van der Waals surface area contributed by atoms with E-state index in [1.807, 2.05) is 0 Å². The van der Waals surface area contributed by atoms with Crippen LogP contribution in [-0.2, 0) is 9.47 Å². The van der Waals surface area contributed by atoms with E-state index in [4.69, 9.17) is 26.1 Å². The van der Waals surface area contributed by atoms with Crippen LogP contribution in [-0.4, -0.2) is 64.3 Å². The van der Waals surface area contributed by atoms with Gasteiger partial charge in [0.05, 0.1) is 6.61 Å². The number of hydrogen-bond donors (Lipinski definition) is 4. The Balaban J connectivity index is 2.48. The molecule has 1 unspecified atom stereocenters. The van der Waals surface area contributed by atoms with Gasteiger partial charge in [-0.05, 0) is 0 Å². The minimum Gasteiger partial charge on any atom is -0.387 e. The van der Waals surface area contributed by atoms with Gasteiger partial charge in [0, 0.05) is 0 Å². The van der Waals surface area contributed by atoms with Crippen molar-refractivity contribution in [3.8, 4) is 12.3 Å². The second kappa shape index (κ2) is 5.42. The summed E-state index contributed by atoms with van der Waals surface area (Å²) < 4.78 is 9.73. The molecule has 0 bridgehead atoms. The van der Waals surface area contributed by atoms with Crippen molar-refractivity contribution in [3.05, 3.63) is 0 Å². The summed E-state index contributed by atoms with van der Waals surface area (Å²) in [6.45, 7) is -0.0203. The van der Waals surface area contributed by atoms with Gasteiger partial charge in [-0.25, -0.2) is 0 Å². The summed E-state index contributed by atoms with van der Waals surface area (Å²) in [6.07, 6.45) is -1.82. The first-order valence-corrected chi connectivity index (χ1v) is 4.47. The highest BCUT2D eigenvalue weighted by molar-refractivity contribution is 4.89. The lowest BCUT2D eigenvalue weighted by Crippen LogP contribution is -2.58. The van der Waals surface area contributed by atoms with Crippen molar-refractivity contribution in [2.45, 2.75) is 30.7 Å². The van der Waals surface area contributed by atoms with E-state index in [0.717, 1.165) is 0 Å². The quantitative estimate of drug-likeness (QED) is 0.307. The van der Waals surface area contributed by atoms with E-state index < -0.39 is 30.7 Å². The molecule has 4 N–H and O–H groups in total. The summed E-state index contributed by atoms with van der Waals surface area (Å²) in [4.78, 5) is 0. The van der Waals surface area contributed by atoms with Crippen molar-refractivity contribution in [3.63, 3.8) is 0 Å². The molecule has 0 aliphatic carbocycles. The van der Waals surface area contributed by atoms with Crippen LogP contribution in [0.2, 0.25) is 0 Å². The molecule has 0 amide bonds. The van der Waals surface area contributed by atoms with Gasteiger partial charge in [0.1, 0.15) is 31.0 Å². The van der Waals surface area contributed by atoms with Gasteiger partial charge in [0.2, 0.25) is 0 Å². The molecule has 5 atom stereocenters.